The van der Waals surface area contributed by atoms with E-state index in [4.69, 9.17) is 4.74 Å². The summed E-state index contributed by atoms with van der Waals surface area (Å²) in [5, 5.41) is 2.50. The number of hydrogen-bond acceptors (Lipinski definition) is 4. The maximum Gasteiger partial charge on any atom is 0.325 e. The lowest BCUT2D eigenvalue weighted by Gasteiger charge is -2.15. The van der Waals surface area contributed by atoms with Gasteiger partial charge in [-0.2, -0.15) is 0 Å². The number of anilines is 1. The van der Waals surface area contributed by atoms with Crippen LogP contribution in [0.15, 0.2) is 36.4 Å². The fourth-order valence-corrected chi connectivity index (χ4v) is 2.22. The van der Waals surface area contributed by atoms with Crippen molar-refractivity contribution in [3.8, 4) is 0 Å². The van der Waals surface area contributed by atoms with E-state index >= 15 is 0 Å². The van der Waals surface area contributed by atoms with Gasteiger partial charge in [0.05, 0.1) is 0 Å². The van der Waals surface area contributed by atoms with Gasteiger partial charge in [0.25, 0.3) is 5.91 Å². The first kappa shape index (κ1) is 16.7. The van der Waals surface area contributed by atoms with Gasteiger partial charge in [0, 0.05) is 24.2 Å². The summed E-state index contributed by atoms with van der Waals surface area (Å²) < 4.78 is 4.89. The molecule has 1 aliphatic heterocycles. The molecular weight excluding hydrogens is 296 g/mol. The Balaban J connectivity index is 1.86. The summed E-state index contributed by atoms with van der Waals surface area (Å²) in [5.41, 5.74) is 1.94. The Morgan fingerprint density at radius 3 is 2.57 bits per heavy atom. The van der Waals surface area contributed by atoms with Crippen LogP contribution in [0.5, 0.6) is 0 Å². The predicted molar refractivity (Wildman–Crippen MR) is 86.1 cm³/mol. The van der Waals surface area contributed by atoms with Crippen LogP contribution < -0.4 is 10.2 Å². The van der Waals surface area contributed by atoms with Gasteiger partial charge in [-0.15, -0.1) is 0 Å². The van der Waals surface area contributed by atoms with E-state index in [1.807, 2.05) is 0 Å². The van der Waals surface area contributed by atoms with Crippen molar-refractivity contribution in [3.63, 3.8) is 0 Å². The molecule has 1 N–H and O–H groups in total. The van der Waals surface area contributed by atoms with Gasteiger partial charge in [0.2, 0.25) is 5.91 Å². The van der Waals surface area contributed by atoms with Gasteiger partial charge in [0.15, 0.2) is 0 Å². The van der Waals surface area contributed by atoms with Crippen molar-refractivity contribution in [1.29, 1.82) is 0 Å². The zero-order valence-corrected chi connectivity index (χ0v) is 13.1. The second-order valence-corrected chi connectivity index (χ2v) is 5.50. The van der Waals surface area contributed by atoms with Crippen molar-refractivity contribution in [3.05, 3.63) is 42.0 Å². The van der Waals surface area contributed by atoms with Gasteiger partial charge in [-0.3, -0.25) is 14.4 Å². The zero-order chi connectivity index (χ0) is 16.8. The summed E-state index contributed by atoms with van der Waals surface area (Å²) in [6, 6.07) is 6.74. The number of hydrogen-bond donors (Lipinski definition) is 1. The quantitative estimate of drug-likeness (QED) is 0.640. The molecule has 6 nitrogen and oxygen atoms in total. The van der Waals surface area contributed by atoms with Gasteiger partial charge in [-0.05, 0) is 43.2 Å². The standard InChI is InChI=1S/C17H20N2O4/c1-12(2)11-23-16(21)10-18-17(22)13-5-7-14(8-6-13)19-9-3-4-15(19)20/h5-8H,1,3-4,9-11H2,2H3,(H,18,22). The van der Waals surface area contributed by atoms with Crippen LogP contribution >= 0.6 is 0 Å². The Kier molecular flexibility index (Phi) is 5.51. The van der Waals surface area contributed by atoms with Crippen LogP contribution in [0.4, 0.5) is 5.69 Å². The van der Waals surface area contributed by atoms with Gasteiger partial charge in [-0.25, -0.2) is 0 Å². The largest absolute Gasteiger partial charge is 0.460 e. The smallest absolute Gasteiger partial charge is 0.325 e. The first-order chi connectivity index (χ1) is 11.0. The van der Waals surface area contributed by atoms with Gasteiger partial charge in [-0.1, -0.05) is 6.58 Å². The average Bonchev–Trinajstić information content (AvgIpc) is 2.96. The Hall–Kier alpha value is -2.63. The van der Waals surface area contributed by atoms with E-state index in [2.05, 4.69) is 11.9 Å². The van der Waals surface area contributed by atoms with E-state index in [-0.39, 0.29) is 25.0 Å². The second kappa shape index (κ2) is 7.58. The molecule has 1 aliphatic rings. The number of rotatable bonds is 6. The van der Waals surface area contributed by atoms with E-state index in [9.17, 15) is 14.4 Å². The summed E-state index contributed by atoms with van der Waals surface area (Å²) >= 11 is 0. The van der Waals surface area contributed by atoms with E-state index < -0.39 is 5.97 Å². The fourth-order valence-electron chi connectivity index (χ4n) is 2.22. The average molecular weight is 316 g/mol. The molecule has 0 unspecified atom stereocenters. The topological polar surface area (TPSA) is 75.7 Å². The molecule has 1 saturated heterocycles. The van der Waals surface area contributed by atoms with Crippen LogP contribution in [-0.2, 0) is 14.3 Å². The van der Waals surface area contributed by atoms with Gasteiger partial charge >= 0.3 is 5.97 Å². The third kappa shape index (κ3) is 4.67. The molecule has 1 aromatic rings. The highest BCUT2D eigenvalue weighted by Gasteiger charge is 2.21. The lowest BCUT2D eigenvalue weighted by molar-refractivity contribution is -0.141. The molecule has 23 heavy (non-hydrogen) atoms. The molecule has 122 valence electrons. The highest BCUT2D eigenvalue weighted by Crippen LogP contribution is 2.21. The SMILES string of the molecule is C=C(C)COC(=O)CNC(=O)c1ccc(N2CCCC2=O)cc1. The first-order valence-corrected chi connectivity index (χ1v) is 7.46. The molecule has 6 heteroatoms. The monoisotopic (exact) mass is 316 g/mol. The molecule has 0 radical (unpaired) electrons. The lowest BCUT2D eigenvalue weighted by Crippen LogP contribution is -2.31. The number of nitrogens with zero attached hydrogens (tertiary/aromatic N) is 1. The Labute approximate surface area is 135 Å². The molecule has 1 aromatic carbocycles. The van der Waals surface area contributed by atoms with Crippen LogP contribution in [0.2, 0.25) is 0 Å². The number of carbonyl (C=O) groups is 3. The Morgan fingerprint density at radius 1 is 1.30 bits per heavy atom. The molecule has 0 bridgehead atoms. The molecule has 1 heterocycles. The van der Waals surface area contributed by atoms with Crippen molar-refractivity contribution in [2.75, 3.05) is 24.6 Å². The third-order valence-corrected chi connectivity index (χ3v) is 3.39. The summed E-state index contributed by atoms with van der Waals surface area (Å²) in [5.74, 6) is -0.778. The molecule has 1 fully saturated rings. The molecular formula is C17H20N2O4. The van der Waals surface area contributed by atoms with E-state index in [1.54, 1.807) is 36.1 Å². The van der Waals surface area contributed by atoms with Crippen LogP contribution in [0.1, 0.15) is 30.1 Å². The zero-order valence-electron chi connectivity index (χ0n) is 13.1. The summed E-state index contributed by atoms with van der Waals surface area (Å²) in [6.07, 6.45) is 1.42. The van der Waals surface area contributed by atoms with Crippen molar-refractivity contribution >= 4 is 23.5 Å². The molecule has 0 spiro atoms. The van der Waals surface area contributed by atoms with E-state index in [1.165, 1.54) is 0 Å². The van der Waals surface area contributed by atoms with E-state index in [0.717, 1.165) is 17.7 Å². The summed E-state index contributed by atoms with van der Waals surface area (Å²) in [6.45, 7) is 6.03. The number of ether oxygens (including phenoxy) is 1. The number of esters is 1. The highest BCUT2D eigenvalue weighted by molar-refractivity contribution is 5.98. The van der Waals surface area contributed by atoms with Crippen LogP contribution in [0, 0.1) is 0 Å². The van der Waals surface area contributed by atoms with Crippen molar-refractivity contribution < 1.29 is 19.1 Å². The minimum Gasteiger partial charge on any atom is -0.460 e. The maximum absolute atomic E-state index is 12.0. The number of amides is 2. The van der Waals surface area contributed by atoms with Crippen molar-refractivity contribution in [2.45, 2.75) is 19.8 Å². The number of nitrogens with one attached hydrogen (secondary N) is 1. The molecule has 2 rings (SSSR count). The van der Waals surface area contributed by atoms with Gasteiger partial charge < -0.3 is 15.0 Å². The Morgan fingerprint density at radius 2 is 2.00 bits per heavy atom. The van der Waals surface area contributed by atoms with Crippen molar-refractivity contribution in [1.82, 2.24) is 5.32 Å². The minimum atomic E-state index is -0.513. The predicted octanol–water partition coefficient (Wildman–Crippen LogP) is 1.66. The molecule has 2 amide bonds. The number of carbonyl (C=O) groups excluding carboxylic acids is 3. The minimum absolute atomic E-state index is 0.0995. The first-order valence-electron chi connectivity index (χ1n) is 7.46. The number of benzene rings is 1. The molecule has 0 aliphatic carbocycles. The van der Waals surface area contributed by atoms with Crippen LogP contribution in [0.3, 0.4) is 0 Å². The van der Waals surface area contributed by atoms with E-state index in [0.29, 0.717) is 18.5 Å². The second-order valence-electron chi connectivity index (χ2n) is 5.50. The normalized spacial score (nSPS) is 13.8. The van der Waals surface area contributed by atoms with Crippen LogP contribution in [-0.4, -0.2) is 37.5 Å². The molecule has 0 saturated carbocycles. The summed E-state index contributed by atoms with van der Waals surface area (Å²) in [4.78, 5) is 36.8. The molecule has 0 aromatic heterocycles. The van der Waals surface area contributed by atoms with Crippen LogP contribution in [0.25, 0.3) is 0 Å². The highest BCUT2D eigenvalue weighted by atomic mass is 16.5. The third-order valence-electron chi connectivity index (χ3n) is 3.39. The Bertz CT molecular complexity index is 622. The fraction of sp³-hybridized carbons (Fsp3) is 0.353. The van der Waals surface area contributed by atoms with Gasteiger partial charge in [0.1, 0.15) is 13.2 Å². The molecule has 0 atom stereocenters. The van der Waals surface area contributed by atoms with Crippen molar-refractivity contribution in [2.24, 2.45) is 0 Å². The summed E-state index contributed by atoms with van der Waals surface area (Å²) in [7, 11) is 0. The lowest BCUT2D eigenvalue weighted by atomic mass is 10.2. The maximum atomic E-state index is 12.0.